The zero-order valence-corrected chi connectivity index (χ0v) is 16.5. The molecule has 0 saturated carbocycles. The number of nitrogens with one attached hydrogen (secondary N) is 3. The van der Waals surface area contributed by atoms with Gasteiger partial charge in [-0.25, -0.2) is 0 Å². The third-order valence-electron chi connectivity index (χ3n) is 4.22. The quantitative estimate of drug-likeness (QED) is 0.579. The number of hydrogen-bond donors (Lipinski definition) is 3. The van der Waals surface area contributed by atoms with Crippen LogP contribution in [0.2, 0.25) is 10.0 Å². The van der Waals surface area contributed by atoms with Crippen molar-refractivity contribution in [2.24, 2.45) is 0 Å². The standard InChI is InChI=1S/C19H19Cl2N7/c20-13-1-5-15(6-2-13)23-17-25-18(24-16-7-3-14(21)4-8-16)27-19(26-17)28-11-9-22-10-12-28/h1-8,22H,9-12H2,(H2,23,24,25,26,27). The normalized spacial score (nSPS) is 14.0. The summed E-state index contributed by atoms with van der Waals surface area (Å²) in [7, 11) is 0. The van der Waals surface area contributed by atoms with Crippen LogP contribution in [0, 0.1) is 0 Å². The molecule has 0 radical (unpaired) electrons. The summed E-state index contributed by atoms with van der Waals surface area (Å²) in [5.74, 6) is 1.55. The summed E-state index contributed by atoms with van der Waals surface area (Å²) in [4.78, 5) is 15.9. The molecule has 144 valence electrons. The van der Waals surface area contributed by atoms with Gasteiger partial charge in [0.25, 0.3) is 0 Å². The number of hydrogen-bond acceptors (Lipinski definition) is 7. The highest BCUT2D eigenvalue weighted by molar-refractivity contribution is 6.30. The molecule has 2 aromatic carbocycles. The fraction of sp³-hybridized carbons (Fsp3) is 0.211. The molecule has 28 heavy (non-hydrogen) atoms. The van der Waals surface area contributed by atoms with Crippen LogP contribution in [0.5, 0.6) is 0 Å². The van der Waals surface area contributed by atoms with Crippen molar-refractivity contribution in [1.29, 1.82) is 0 Å². The molecular weight excluding hydrogens is 397 g/mol. The maximum Gasteiger partial charge on any atom is 0.233 e. The Kier molecular flexibility index (Phi) is 5.76. The summed E-state index contributed by atoms with van der Waals surface area (Å²) in [6, 6.07) is 14.8. The van der Waals surface area contributed by atoms with Crippen LogP contribution in [0.15, 0.2) is 48.5 Å². The second-order valence-electron chi connectivity index (χ2n) is 6.28. The lowest BCUT2D eigenvalue weighted by Gasteiger charge is -2.27. The van der Waals surface area contributed by atoms with E-state index >= 15 is 0 Å². The van der Waals surface area contributed by atoms with Gasteiger partial charge >= 0.3 is 0 Å². The van der Waals surface area contributed by atoms with Gasteiger partial charge in [-0.05, 0) is 48.5 Å². The van der Waals surface area contributed by atoms with Crippen LogP contribution in [0.3, 0.4) is 0 Å². The second kappa shape index (κ2) is 8.60. The van der Waals surface area contributed by atoms with Crippen molar-refractivity contribution >= 4 is 52.4 Å². The molecule has 0 atom stereocenters. The lowest BCUT2D eigenvalue weighted by Crippen LogP contribution is -2.44. The van der Waals surface area contributed by atoms with Crippen molar-refractivity contribution in [3.63, 3.8) is 0 Å². The minimum Gasteiger partial charge on any atom is -0.338 e. The minimum atomic E-state index is 0.460. The molecule has 2 heterocycles. The number of rotatable bonds is 5. The predicted octanol–water partition coefficient (Wildman–Crippen LogP) is 4.08. The SMILES string of the molecule is Clc1ccc(Nc2nc(Nc3ccc(Cl)cc3)nc(N3CCNCC3)n2)cc1. The van der Waals surface area contributed by atoms with Crippen LogP contribution >= 0.6 is 23.2 Å². The summed E-state index contributed by atoms with van der Waals surface area (Å²) in [6.07, 6.45) is 0. The third-order valence-corrected chi connectivity index (χ3v) is 4.73. The molecule has 1 fully saturated rings. The monoisotopic (exact) mass is 415 g/mol. The Morgan fingerprint density at radius 2 is 1.18 bits per heavy atom. The van der Waals surface area contributed by atoms with E-state index in [4.69, 9.17) is 23.2 Å². The average molecular weight is 416 g/mol. The molecule has 0 unspecified atom stereocenters. The first kappa shape index (κ1) is 18.7. The highest BCUT2D eigenvalue weighted by Gasteiger charge is 2.16. The highest BCUT2D eigenvalue weighted by Crippen LogP contribution is 2.22. The van der Waals surface area contributed by atoms with E-state index in [-0.39, 0.29) is 0 Å². The Morgan fingerprint density at radius 1 is 0.714 bits per heavy atom. The van der Waals surface area contributed by atoms with Gasteiger partial charge in [0.15, 0.2) is 0 Å². The average Bonchev–Trinajstić information content (AvgIpc) is 2.72. The van der Waals surface area contributed by atoms with Crippen molar-refractivity contribution < 1.29 is 0 Å². The molecule has 0 spiro atoms. The van der Waals surface area contributed by atoms with Crippen molar-refractivity contribution in [3.05, 3.63) is 58.6 Å². The van der Waals surface area contributed by atoms with Crippen LogP contribution in [-0.2, 0) is 0 Å². The lowest BCUT2D eigenvalue weighted by atomic mass is 10.3. The Hall–Kier alpha value is -2.61. The van der Waals surface area contributed by atoms with Gasteiger partial charge in [0.2, 0.25) is 17.8 Å². The molecular formula is C19H19Cl2N7. The maximum absolute atomic E-state index is 5.97. The van der Waals surface area contributed by atoms with Gasteiger partial charge in [-0.15, -0.1) is 0 Å². The Bertz CT molecular complexity index is 860. The molecule has 4 rings (SSSR count). The third kappa shape index (κ3) is 4.81. The minimum absolute atomic E-state index is 0.460. The van der Waals surface area contributed by atoms with E-state index in [1.807, 2.05) is 48.5 Å². The highest BCUT2D eigenvalue weighted by atomic mass is 35.5. The van der Waals surface area contributed by atoms with Gasteiger partial charge in [0, 0.05) is 47.6 Å². The van der Waals surface area contributed by atoms with E-state index in [1.165, 1.54) is 0 Å². The molecule has 3 aromatic rings. The molecule has 7 nitrogen and oxygen atoms in total. The largest absolute Gasteiger partial charge is 0.338 e. The topological polar surface area (TPSA) is 78.0 Å². The van der Waals surface area contributed by atoms with Gasteiger partial charge in [-0.1, -0.05) is 23.2 Å². The summed E-state index contributed by atoms with van der Waals surface area (Å²) in [6.45, 7) is 3.46. The van der Waals surface area contributed by atoms with E-state index in [1.54, 1.807) is 0 Å². The smallest absolute Gasteiger partial charge is 0.233 e. The second-order valence-corrected chi connectivity index (χ2v) is 7.16. The first-order valence-corrected chi connectivity index (χ1v) is 9.68. The molecule has 1 aromatic heterocycles. The number of halogens is 2. The maximum atomic E-state index is 5.97. The van der Waals surface area contributed by atoms with Gasteiger partial charge in [0.1, 0.15) is 0 Å². The number of anilines is 5. The molecule has 0 aliphatic carbocycles. The molecule has 3 N–H and O–H groups in total. The molecule has 1 saturated heterocycles. The Balaban J connectivity index is 1.63. The summed E-state index contributed by atoms with van der Waals surface area (Å²) < 4.78 is 0. The van der Waals surface area contributed by atoms with Gasteiger partial charge in [0.05, 0.1) is 0 Å². The van der Waals surface area contributed by atoms with E-state index in [9.17, 15) is 0 Å². The van der Waals surface area contributed by atoms with Crippen molar-refractivity contribution in [2.45, 2.75) is 0 Å². The van der Waals surface area contributed by atoms with Crippen LogP contribution < -0.4 is 20.9 Å². The van der Waals surface area contributed by atoms with Crippen LogP contribution in [0.25, 0.3) is 0 Å². The zero-order chi connectivity index (χ0) is 19.3. The number of benzene rings is 2. The van der Waals surface area contributed by atoms with E-state index in [0.29, 0.717) is 27.9 Å². The first-order chi connectivity index (χ1) is 13.7. The van der Waals surface area contributed by atoms with Crippen LogP contribution in [0.4, 0.5) is 29.2 Å². The fourth-order valence-corrected chi connectivity index (χ4v) is 3.06. The van der Waals surface area contributed by atoms with E-state index < -0.39 is 0 Å². The summed E-state index contributed by atoms with van der Waals surface area (Å²) >= 11 is 11.9. The van der Waals surface area contributed by atoms with E-state index in [2.05, 4.69) is 35.8 Å². The first-order valence-electron chi connectivity index (χ1n) is 8.93. The number of aromatic nitrogens is 3. The number of nitrogens with zero attached hydrogens (tertiary/aromatic N) is 4. The van der Waals surface area contributed by atoms with Crippen molar-refractivity contribution in [1.82, 2.24) is 20.3 Å². The molecule has 1 aliphatic rings. The van der Waals surface area contributed by atoms with Crippen molar-refractivity contribution in [2.75, 3.05) is 41.7 Å². The lowest BCUT2D eigenvalue weighted by molar-refractivity contribution is 0.579. The molecule has 1 aliphatic heterocycles. The fourth-order valence-electron chi connectivity index (χ4n) is 2.81. The van der Waals surface area contributed by atoms with Crippen molar-refractivity contribution in [3.8, 4) is 0 Å². The summed E-state index contributed by atoms with van der Waals surface area (Å²) in [5, 5.41) is 11.1. The van der Waals surface area contributed by atoms with Gasteiger partial charge in [-0.3, -0.25) is 0 Å². The molecule has 0 amide bonds. The van der Waals surface area contributed by atoms with Crippen LogP contribution in [0.1, 0.15) is 0 Å². The van der Waals surface area contributed by atoms with E-state index in [0.717, 1.165) is 37.6 Å². The van der Waals surface area contributed by atoms with Crippen LogP contribution in [-0.4, -0.2) is 41.1 Å². The molecule has 0 bridgehead atoms. The Morgan fingerprint density at radius 3 is 1.64 bits per heavy atom. The van der Waals surface area contributed by atoms with Gasteiger partial charge in [-0.2, -0.15) is 15.0 Å². The Labute approximate surface area is 173 Å². The zero-order valence-electron chi connectivity index (χ0n) is 15.0. The number of piperazine rings is 1. The predicted molar refractivity (Wildman–Crippen MR) is 114 cm³/mol. The molecule has 9 heteroatoms. The van der Waals surface area contributed by atoms with Gasteiger partial charge < -0.3 is 20.9 Å². The summed E-state index contributed by atoms with van der Waals surface area (Å²) in [5.41, 5.74) is 1.69.